The molecule has 0 bridgehead atoms. The second kappa shape index (κ2) is 4.02. The third-order valence-electron chi connectivity index (χ3n) is 2.18. The minimum atomic E-state index is -1.04. The molecule has 80 valence electrons. The third kappa shape index (κ3) is 2.00. The van der Waals surface area contributed by atoms with Crippen LogP contribution in [0.2, 0.25) is 0 Å². The largest absolute Gasteiger partial charge is 0.508 e. The lowest BCUT2D eigenvalue weighted by Crippen LogP contribution is -1.98. The summed E-state index contributed by atoms with van der Waals surface area (Å²) in [5.74, 6) is -0.851. The molecule has 0 atom stereocenters. The number of carboxylic acid groups (broad SMARTS) is 1. The molecule has 0 spiro atoms. The molecule has 0 aliphatic rings. The maximum absolute atomic E-state index is 10.6. The van der Waals surface area contributed by atoms with E-state index in [1.54, 1.807) is 30.3 Å². The van der Waals surface area contributed by atoms with Crippen LogP contribution in [0.15, 0.2) is 42.6 Å². The number of rotatable bonds is 2. The van der Waals surface area contributed by atoms with Crippen LogP contribution in [0.3, 0.4) is 0 Å². The summed E-state index contributed by atoms with van der Waals surface area (Å²) in [6.07, 6.45) is 1.50. The molecular weight excluding hydrogens is 206 g/mol. The molecule has 4 nitrogen and oxygen atoms in total. The van der Waals surface area contributed by atoms with Gasteiger partial charge in [-0.1, -0.05) is 18.2 Å². The highest BCUT2D eigenvalue weighted by molar-refractivity contribution is 5.85. The minimum Gasteiger partial charge on any atom is -0.508 e. The molecule has 2 rings (SSSR count). The summed E-state index contributed by atoms with van der Waals surface area (Å²) >= 11 is 0. The molecule has 0 amide bonds. The summed E-state index contributed by atoms with van der Waals surface area (Å²) < 4.78 is 0. The van der Waals surface area contributed by atoms with Crippen molar-refractivity contribution in [3.05, 3.63) is 48.3 Å². The number of nitrogens with zero attached hydrogens (tertiary/aromatic N) is 1. The Morgan fingerprint density at radius 3 is 2.12 bits per heavy atom. The first-order valence-corrected chi connectivity index (χ1v) is 4.65. The zero-order valence-electron chi connectivity index (χ0n) is 8.29. The Balaban J connectivity index is 2.34. The molecule has 4 heteroatoms. The Labute approximate surface area is 91.8 Å². The normalized spacial score (nSPS) is 10.0. The van der Waals surface area contributed by atoms with Crippen molar-refractivity contribution in [2.24, 2.45) is 0 Å². The van der Waals surface area contributed by atoms with Gasteiger partial charge in [-0.05, 0) is 23.8 Å². The lowest BCUT2D eigenvalue weighted by molar-refractivity contribution is 0.0690. The van der Waals surface area contributed by atoms with Crippen molar-refractivity contribution in [2.45, 2.75) is 0 Å². The lowest BCUT2D eigenvalue weighted by atomic mass is 10.1. The van der Waals surface area contributed by atoms with Gasteiger partial charge in [0.25, 0.3) is 0 Å². The second-order valence-electron chi connectivity index (χ2n) is 3.28. The van der Waals surface area contributed by atoms with E-state index in [0.29, 0.717) is 0 Å². The van der Waals surface area contributed by atoms with Gasteiger partial charge in [0.2, 0.25) is 0 Å². The van der Waals surface area contributed by atoms with Crippen molar-refractivity contribution in [2.75, 3.05) is 0 Å². The summed E-state index contributed by atoms with van der Waals surface area (Å²) in [6.45, 7) is 0. The van der Waals surface area contributed by atoms with Crippen LogP contribution >= 0.6 is 0 Å². The van der Waals surface area contributed by atoms with Gasteiger partial charge < -0.3 is 10.2 Å². The van der Waals surface area contributed by atoms with Gasteiger partial charge in [-0.3, -0.25) is 0 Å². The molecule has 0 unspecified atom stereocenters. The molecule has 1 heterocycles. The average Bonchev–Trinajstić information content (AvgIpc) is 2.30. The van der Waals surface area contributed by atoms with Gasteiger partial charge in [-0.25, -0.2) is 9.78 Å². The van der Waals surface area contributed by atoms with Gasteiger partial charge in [-0.15, -0.1) is 0 Å². The predicted octanol–water partition coefficient (Wildman–Crippen LogP) is 2.15. The Kier molecular flexibility index (Phi) is 2.55. The van der Waals surface area contributed by atoms with Crippen molar-refractivity contribution in [1.82, 2.24) is 4.98 Å². The molecular formula is C12H9NO3. The zero-order valence-corrected chi connectivity index (χ0v) is 8.29. The van der Waals surface area contributed by atoms with Crippen LogP contribution in [0.5, 0.6) is 5.75 Å². The predicted molar refractivity (Wildman–Crippen MR) is 58.3 cm³/mol. The van der Waals surface area contributed by atoms with Crippen molar-refractivity contribution in [3.8, 4) is 16.9 Å². The Morgan fingerprint density at radius 1 is 1.00 bits per heavy atom. The highest BCUT2D eigenvalue weighted by atomic mass is 16.4. The first kappa shape index (κ1) is 10.2. The number of carboxylic acids is 1. The number of hydrogen-bond donors (Lipinski definition) is 2. The summed E-state index contributed by atoms with van der Waals surface area (Å²) in [5, 5.41) is 17.8. The third-order valence-corrected chi connectivity index (χ3v) is 2.18. The van der Waals surface area contributed by atoms with Crippen LogP contribution < -0.4 is 0 Å². The first-order valence-electron chi connectivity index (χ1n) is 4.65. The van der Waals surface area contributed by atoms with Crippen LogP contribution in [0.4, 0.5) is 0 Å². The summed E-state index contributed by atoms with van der Waals surface area (Å²) in [7, 11) is 0. The van der Waals surface area contributed by atoms with Gasteiger partial charge >= 0.3 is 5.97 Å². The highest BCUT2D eigenvalue weighted by Gasteiger charge is 2.04. The number of phenols is 1. The van der Waals surface area contributed by atoms with Crippen LogP contribution in [-0.2, 0) is 0 Å². The number of aromatic nitrogens is 1. The van der Waals surface area contributed by atoms with Gasteiger partial charge in [0.15, 0.2) is 0 Å². The van der Waals surface area contributed by atoms with E-state index in [0.717, 1.165) is 11.1 Å². The van der Waals surface area contributed by atoms with E-state index in [1.807, 2.05) is 0 Å². The molecule has 0 fully saturated rings. The van der Waals surface area contributed by atoms with E-state index in [1.165, 1.54) is 12.3 Å². The number of hydrogen-bond acceptors (Lipinski definition) is 3. The first-order chi connectivity index (χ1) is 7.66. The van der Waals surface area contributed by atoms with Crippen molar-refractivity contribution in [1.29, 1.82) is 0 Å². The van der Waals surface area contributed by atoms with E-state index < -0.39 is 5.97 Å². The number of carbonyl (C=O) groups is 1. The lowest BCUT2D eigenvalue weighted by Gasteiger charge is -2.01. The molecule has 0 radical (unpaired) electrons. The van der Waals surface area contributed by atoms with Crippen molar-refractivity contribution in [3.63, 3.8) is 0 Å². The topological polar surface area (TPSA) is 70.4 Å². The van der Waals surface area contributed by atoms with Gasteiger partial charge in [0.1, 0.15) is 11.4 Å². The number of aromatic hydroxyl groups is 1. The number of benzene rings is 1. The molecule has 0 aliphatic carbocycles. The summed E-state index contributed by atoms with van der Waals surface area (Å²) in [6, 6.07) is 9.76. The molecule has 0 saturated heterocycles. The molecule has 1 aromatic heterocycles. The van der Waals surface area contributed by atoms with Crippen LogP contribution in [0, 0.1) is 0 Å². The smallest absolute Gasteiger partial charge is 0.354 e. The van der Waals surface area contributed by atoms with Crippen LogP contribution in [0.25, 0.3) is 11.1 Å². The fourth-order valence-corrected chi connectivity index (χ4v) is 1.35. The van der Waals surface area contributed by atoms with Gasteiger partial charge in [0.05, 0.1) is 0 Å². The summed E-state index contributed by atoms with van der Waals surface area (Å²) in [5.41, 5.74) is 1.70. The Hall–Kier alpha value is -2.36. The van der Waals surface area contributed by atoms with Crippen molar-refractivity contribution < 1.29 is 15.0 Å². The molecule has 16 heavy (non-hydrogen) atoms. The number of aromatic carboxylic acids is 1. The Bertz CT molecular complexity index is 503. The van der Waals surface area contributed by atoms with E-state index in [-0.39, 0.29) is 11.4 Å². The van der Waals surface area contributed by atoms with Crippen LogP contribution in [-0.4, -0.2) is 21.2 Å². The second-order valence-corrected chi connectivity index (χ2v) is 3.28. The molecule has 1 aromatic carbocycles. The van der Waals surface area contributed by atoms with Gasteiger partial charge in [0, 0.05) is 11.8 Å². The summed E-state index contributed by atoms with van der Waals surface area (Å²) in [4.78, 5) is 14.4. The number of pyridine rings is 1. The average molecular weight is 215 g/mol. The fourth-order valence-electron chi connectivity index (χ4n) is 1.35. The fraction of sp³-hybridized carbons (Fsp3) is 0. The molecule has 0 saturated carbocycles. The quantitative estimate of drug-likeness (QED) is 0.805. The SMILES string of the molecule is O=C(O)c1ccc(-c2ccc(O)cc2)cn1. The van der Waals surface area contributed by atoms with Crippen LogP contribution in [0.1, 0.15) is 10.5 Å². The zero-order chi connectivity index (χ0) is 11.5. The van der Waals surface area contributed by atoms with E-state index in [9.17, 15) is 4.79 Å². The standard InChI is InChI=1S/C12H9NO3/c14-10-4-1-8(2-5-10)9-3-6-11(12(15)16)13-7-9/h1-7,14H,(H,15,16). The van der Waals surface area contributed by atoms with E-state index in [2.05, 4.69) is 4.98 Å². The highest BCUT2D eigenvalue weighted by Crippen LogP contribution is 2.20. The number of phenolic OH excluding ortho intramolecular Hbond substituents is 1. The van der Waals surface area contributed by atoms with Crippen molar-refractivity contribution >= 4 is 5.97 Å². The molecule has 0 aliphatic heterocycles. The monoisotopic (exact) mass is 215 g/mol. The molecule has 2 aromatic rings. The molecule has 2 N–H and O–H groups in total. The minimum absolute atomic E-state index is 0.0162. The van der Waals surface area contributed by atoms with E-state index in [4.69, 9.17) is 10.2 Å². The van der Waals surface area contributed by atoms with E-state index >= 15 is 0 Å². The maximum Gasteiger partial charge on any atom is 0.354 e. The Morgan fingerprint density at radius 2 is 1.62 bits per heavy atom. The van der Waals surface area contributed by atoms with Gasteiger partial charge in [-0.2, -0.15) is 0 Å². The maximum atomic E-state index is 10.6.